The molecular weight excluding hydrogens is 186 g/mol. The Morgan fingerprint density at radius 1 is 1.50 bits per heavy atom. The molecular formula is C9H15NO4. The lowest BCUT2D eigenvalue weighted by atomic mass is 9.89. The highest BCUT2D eigenvalue weighted by atomic mass is 16.3. The van der Waals surface area contributed by atoms with Crippen molar-refractivity contribution in [1.29, 1.82) is 0 Å². The maximum absolute atomic E-state index is 10.9. The van der Waals surface area contributed by atoms with Gasteiger partial charge in [0.25, 0.3) is 0 Å². The number of hydrogen-bond acceptors (Lipinski definition) is 4. The number of amides is 1. The number of carbonyl (C=O) groups excluding carboxylic acids is 1. The molecule has 4 unspecified atom stereocenters. The highest BCUT2D eigenvalue weighted by molar-refractivity contribution is 5.92. The van der Waals surface area contributed by atoms with Gasteiger partial charge in [0, 0.05) is 0 Å². The van der Waals surface area contributed by atoms with Crippen LogP contribution >= 0.6 is 0 Å². The van der Waals surface area contributed by atoms with E-state index in [0.717, 1.165) is 0 Å². The zero-order valence-electron chi connectivity index (χ0n) is 7.92. The minimum Gasteiger partial charge on any atom is -0.515 e. The molecule has 5 heteroatoms. The van der Waals surface area contributed by atoms with E-state index in [9.17, 15) is 15.0 Å². The number of aliphatic hydroxyl groups is 3. The summed E-state index contributed by atoms with van der Waals surface area (Å²) in [6.45, 7) is 1.71. The van der Waals surface area contributed by atoms with Crippen LogP contribution in [-0.4, -0.2) is 33.4 Å². The summed E-state index contributed by atoms with van der Waals surface area (Å²) < 4.78 is 0. The molecule has 14 heavy (non-hydrogen) atoms. The second-order valence-electron chi connectivity index (χ2n) is 3.71. The lowest BCUT2D eigenvalue weighted by Gasteiger charge is -2.17. The van der Waals surface area contributed by atoms with Crippen LogP contribution in [0.15, 0.2) is 11.8 Å². The third kappa shape index (κ3) is 1.73. The fraction of sp³-hybridized carbons (Fsp3) is 0.667. The fourth-order valence-electron chi connectivity index (χ4n) is 1.95. The number of nitrogens with two attached hydrogens (primary N) is 1. The Morgan fingerprint density at radius 2 is 2.07 bits per heavy atom. The Kier molecular flexibility index (Phi) is 3.13. The van der Waals surface area contributed by atoms with E-state index in [4.69, 9.17) is 10.8 Å². The molecule has 0 aromatic carbocycles. The molecule has 1 rings (SSSR count). The SMILES string of the molecule is CC1C(/C(=C\O)C(N)=O)CC(O)C1O. The van der Waals surface area contributed by atoms with Gasteiger partial charge in [0.2, 0.25) is 5.91 Å². The first-order chi connectivity index (χ1) is 6.49. The van der Waals surface area contributed by atoms with Crippen LogP contribution in [0.3, 0.4) is 0 Å². The average Bonchev–Trinajstić information content (AvgIpc) is 2.35. The molecule has 80 valence electrons. The van der Waals surface area contributed by atoms with Gasteiger partial charge in [-0.3, -0.25) is 4.79 Å². The van der Waals surface area contributed by atoms with Gasteiger partial charge in [0.05, 0.1) is 24.0 Å². The van der Waals surface area contributed by atoms with Crippen LogP contribution in [0.4, 0.5) is 0 Å². The zero-order chi connectivity index (χ0) is 10.9. The minimum absolute atomic E-state index is 0.0631. The van der Waals surface area contributed by atoms with Crippen molar-refractivity contribution in [2.24, 2.45) is 17.6 Å². The van der Waals surface area contributed by atoms with Crippen molar-refractivity contribution in [3.63, 3.8) is 0 Å². The smallest absolute Gasteiger partial charge is 0.248 e. The number of aliphatic hydroxyl groups excluding tert-OH is 3. The molecule has 0 aromatic heterocycles. The Balaban J connectivity index is 2.85. The van der Waals surface area contributed by atoms with Crippen molar-refractivity contribution >= 4 is 5.91 Å². The molecule has 5 N–H and O–H groups in total. The van der Waals surface area contributed by atoms with Crippen LogP contribution in [0.5, 0.6) is 0 Å². The highest BCUT2D eigenvalue weighted by Crippen LogP contribution is 2.36. The van der Waals surface area contributed by atoms with Crippen LogP contribution in [0.25, 0.3) is 0 Å². The van der Waals surface area contributed by atoms with Crippen molar-refractivity contribution in [1.82, 2.24) is 0 Å². The van der Waals surface area contributed by atoms with E-state index < -0.39 is 18.1 Å². The fourth-order valence-corrected chi connectivity index (χ4v) is 1.95. The van der Waals surface area contributed by atoms with Gasteiger partial charge in [-0.15, -0.1) is 0 Å². The number of carbonyl (C=O) groups is 1. The molecule has 1 aliphatic rings. The van der Waals surface area contributed by atoms with Gasteiger partial charge in [-0.1, -0.05) is 6.92 Å². The van der Waals surface area contributed by atoms with E-state index >= 15 is 0 Å². The Hall–Kier alpha value is -1.07. The lowest BCUT2D eigenvalue weighted by molar-refractivity contribution is -0.115. The molecule has 0 bridgehead atoms. The van der Waals surface area contributed by atoms with Gasteiger partial charge in [-0.05, 0) is 18.3 Å². The summed E-state index contributed by atoms with van der Waals surface area (Å²) in [5.41, 5.74) is 5.11. The summed E-state index contributed by atoms with van der Waals surface area (Å²) >= 11 is 0. The summed E-state index contributed by atoms with van der Waals surface area (Å²) in [6.07, 6.45) is -0.815. The molecule has 5 nitrogen and oxygen atoms in total. The molecule has 4 atom stereocenters. The average molecular weight is 201 g/mol. The van der Waals surface area contributed by atoms with Gasteiger partial charge in [-0.25, -0.2) is 0 Å². The summed E-state index contributed by atoms with van der Waals surface area (Å²) in [6, 6.07) is 0. The van der Waals surface area contributed by atoms with Gasteiger partial charge in [-0.2, -0.15) is 0 Å². The monoisotopic (exact) mass is 201 g/mol. The summed E-state index contributed by atoms with van der Waals surface area (Å²) in [7, 11) is 0. The van der Waals surface area contributed by atoms with E-state index in [1.54, 1.807) is 6.92 Å². The normalized spacial score (nSPS) is 38.6. The Morgan fingerprint density at radius 3 is 2.36 bits per heavy atom. The lowest BCUT2D eigenvalue weighted by Crippen LogP contribution is -2.26. The molecule has 0 saturated heterocycles. The number of hydrogen-bond donors (Lipinski definition) is 4. The predicted octanol–water partition coefficient (Wildman–Crippen LogP) is -0.709. The van der Waals surface area contributed by atoms with Crippen molar-refractivity contribution in [2.75, 3.05) is 0 Å². The molecule has 0 spiro atoms. The van der Waals surface area contributed by atoms with Crippen LogP contribution in [0.2, 0.25) is 0 Å². The molecule has 0 heterocycles. The van der Waals surface area contributed by atoms with Gasteiger partial charge in [0.1, 0.15) is 0 Å². The standard InChI is InChI=1S/C9H15NO4/c1-4-5(2-7(12)8(4)13)6(3-11)9(10)14/h3-5,7-8,11-13H,2H2,1H3,(H2,10,14)/b6-3+. The van der Waals surface area contributed by atoms with E-state index in [1.807, 2.05) is 0 Å². The van der Waals surface area contributed by atoms with E-state index in [1.165, 1.54) is 0 Å². The largest absolute Gasteiger partial charge is 0.515 e. The third-order valence-corrected chi connectivity index (χ3v) is 2.89. The van der Waals surface area contributed by atoms with E-state index in [0.29, 0.717) is 6.26 Å². The van der Waals surface area contributed by atoms with E-state index in [-0.39, 0.29) is 23.8 Å². The van der Waals surface area contributed by atoms with Crippen LogP contribution in [0, 0.1) is 11.8 Å². The van der Waals surface area contributed by atoms with Crippen LogP contribution in [-0.2, 0) is 4.79 Å². The third-order valence-electron chi connectivity index (χ3n) is 2.89. The summed E-state index contributed by atoms with van der Waals surface area (Å²) in [5.74, 6) is -1.37. The van der Waals surface area contributed by atoms with Crippen molar-refractivity contribution in [3.8, 4) is 0 Å². The predicted molar refractivity (Wildman–Crippen MR) is 49.2 cm³/mol. The van der Waals surface area contributed by atoms with Crippen molar-refractivity contribution in [3.05, 3.63) is 11.8 Å². The molecule has 0 aliphatic heterocycles. The molecule has 0 radical (unpaired) electrons. The molecule has 0 aromatic rings. The van der Waals surface area contributed by atoms with Crippen LogP contribution < -0.4 is 5.73 Å². The first-order valence-electron chi connectivity index (χ1n) is 4.49. The second kappa shape index (κ2) is 3.98. The first-order valence-corrected chi connectivity index (χ1v) is 4.49. The zero-order valence-corrected chi connectivity index (χ0v) is 7.92. The first kappa shape index (κ1) is 11.0. The van der Waals surface area contributed by atoms with Gasteiger partial charge in [0.15, 0.2) is 0 Å². The quantitative estimate of drug-likeness (QED) is 0.350. The molecule has 1 amide bonds. The van der Waals surface area contributed by atoms with Crippen LogP contribution in [0.1, 0.15) is 13.3 Å². The minimum atomic E-state index is -0.866. The van der Waals surface area contributed by atoms with Crippen molar-refractivity contribution < 1.29 is 20.1 Å². The maximum atomic E-state index is 10.9. The Bertz CT molecular complexity index is 264. The topological polar surface area (TPSA) is 104 Å². The highest BCUT2D eigenvalue weighted by Gasteiger charge is 2.41. The Labute approximate surface area is 81.8 Å². The second-order valence-corrected chi connectivity index (χ2v) is 3.71. The number of primary amides is 1. The molecule has 1 fully saturated rings. The van der Waals surface area contributed by atoms with Crippen molar-refractivity contribution in [2.45, 2.75) is 25.6 Å². The molecule has 1 saturated carbocycles. The summed E-state index contributed by atoms with van der Waals surface area (Å²) in [5, 5.41) is 27.6. The van der Waals surface area contributed by atoms with Gasteiger partial charge < -0.3 is 21.1 Å². The number of rotatable bonds is 2. The van der Waals surface area contributed by atoms with E-state index in [2.05, 4.69) is 0 Å². The van der Waals surface area contributed by atoms with Gasteiger partial charge >= 0.3 is 0 Å². The maximum Gasteiger partial charge on any atom is 0.248 e. The summed E-state index contributed by atoms with van der Waals surface area (Å²) in [4.78, 5) is 10.9. The molecule has 1 aliphatic carbocycles.